The first-order chi connectivity index (χ1) is 9.51. The molecule has 0 aliphatic carbocycles. The molecular weight excluding hydrogens is 280 g/mol. The average molecular weight is 300 g/mol. The summed E-state index contributed by atoms with van der Waals surface area (Å²) in [5, 5.41) is 0. The van der Waals surface area contributed by atoms with E-state index in [9.17, 15) is 13.2 Å². The molecule has 0 fully saturated rings. The van der Waals surface area contributed by atoms with Gasteiger partial charge >= 0.3 is 5.97 Å². The van der Waals surface area contributed by atoms with Crippen LogP contribution in [0.5, 0.6) is 0 Å². The van der Waals surface area contributed by atoms with Crippen LogP contribution in [0.25, 0.3) is 0 Å². The summed E-state index contributed by atoms with van der Waals surface area (Å²) in [4.78, 5) is 11.8. The summed E-state index contributed by atoms with van der Waals surface area (Å²) in [5.41, 5.74) is 5.39. The highest BCUT2D eigenvalue weighted by molar-refractivity contribution is 7.89. The van der Waals surface area contributed by atoms with Gasteiger partial charge in [-0.15, -0.1) is 0 Å². The average Bonchev–Trinajstić information content (AvgIpc) is 2.46. The third kappa shape index (κ3) is 4.92. The first-order valence-electron chi connectivity index (χ1n) is 6.36. The van der Waals surface area contributed by atoms with E-state index in [4.69, 9.17) is 5.73 Å². The molecule has 0 unspecified atom stereocenters. The first-order valence-corrected chi connectivity index (χ1v) is 7.85. The summed E-state index contributed by atoms with van der Waals surface area (Å²) in [6.07, 6.45) is 1.73. The number of carbonyl (C=O) groups excluding carboxylic acids is 1. The number of rotatable bonds is 8. The molecule has 0 aromatic heterocycles. The fourth-order valence-electron chi connectivity index (χ4n) is 1.71. The van der Waals surface area contributed by atoms with Gasteiger partial charge in [-0.25, -0.2) is 8.42 Å². The zero-order valence-corrected chi connectivity index (χ0v) is 12.2. The van der Waals surface area contributed by atoms with Crippen molar-refractivity contribution in [2.75, 3.05) is 13.7 Å². The Balaban J connectivity index is 2.80. The van der Waals surface area contributed by atoms with E-state index in [1.165, 1.54) is 19.2 Å². The highest BCUT2D eigenvalue weighted by atomic mass is 32.2. The molecule has 0 amide bonds. The number of sulfonamides is 1. The number of unbranched alkanes of at least 4 members (excludes halogenated alkanes) is 1. The van der Waals surface area contributed by atoms with E-state index < -0.39 is 22.0 Å². The lowest BCUT2D eigenvalue weighted by Gasteiger charge is -2.16. The lowest BCUT2D eigenvalue weighted by atomic mass is 10.1. The van der Waals surface area contributed by atoms with E-state index in [1.807, 2.05) is 0 Å². The van der Waals surface area contributed by atoms with Gasteiger partial charge in [0.2, 0.25) is 10.0 Å². The Hall–Kier alpha value is -1.44. The fourth-order valence-corrected chi connectivity index (χ4v) is 2.96. The minimum absolute atomic E-state index is 0.118. The van der Waals surface area contributed by atoms with Gasteiger partial charge in [0.15, 0.2) is 0 Å². The third-order valence-electron chi connectivity index (χ3n) is 2.78. The van der Waals surface area contributed by atoms with Crippen LogP contribution in [-0.2, 0) is 19.6 Å². The summed E-state index contributed by atoms with van der Waals surface area (Å²) in [6, 6.07) is 7.01. The van der Waals surface area contributed by atoms with Crippen molar-refractivity contribution in [3.05, 3.63) is 30.3 Å². The maximum Gasteiger partial charge on any atom is 0.323 e. The second-order valence-electron chi connectivity index (χ2n) is 4.29. The number of hydrogen-bond donors (Lipinski definition) is 2. The van der Waals surface area contributed by atoms with Crippen LogP contribution in [0, 0.1) is 0 Å². The number of nitrogens with one attached hydrogen (secondary N) is 1. The Kier molecular flexibility index (Phi) is 6.63. The van der Waals surface area contributed by atoms with Crippen molar-refractivity contribution in [1.29, 1.82) is 0 Å². The molecule has 0 saturated carbocycles. The molecule has 0 radical (unpaired) electrons. The molecule has 0 heterocycles. The lowest BCUT2D eigenvalue weighted by Crippen LogP contribution is -2.41. The van der Waals surface area contributed by atoms with Crippen LogP contribution >= 0.6 is 0 Å². The van der Waals surface area contributed by atoms with Crippen molar-refractivity contribution >= 4 is 16.0 Å². The van der Waals surface area contributed by atoms with Crippen LogP contribution in [0.1, 0.15) is 19.3 Å². The van der Waals surface area contributed by atoms with Crippen LogP contribution in [0.2, 0.25) is 0 Å². The van der Waals surface area contributed by atoms with Crippen LogP contribution in [-0.4, -0.2) is 34.1 Å². The maximum absolute atomic E-state index is 12.2. The van der Waals surface area contributed by atoms with Gasteiger partial charge in [-0.2, -0.15) is 4.72 Å². The molecule has 20 heavy (non-hydrogen) atoms. The van der Waals surface area contributed by atoms with E-state index in [1.54, 1.807) is 18.2 Å². The van der Waals surface area contributed by atoms with Crippen LogP contribution in [0.4, 0.5) is 0 Å². The number of benzene rings is 1. The minimum Gasteiger partial charge on any atom is -0.468 e. The molecule has 1 aromatic rings. The van der Waals surface area contributed by atoms with Crippen molar-refractivity contribution in [1.82, 2.24) is 4.72 Å². The molecular formula is C13H20N2O4S. The van der Waals surface area contributed by atoms with E-state index >= 15 is 0 Å². The predicted octanol–water partition coefficient (Wildman–Crippen LogP) is 0.636. The van der Waals surface area contributed by atoms with Gasteiger partial charge in [-0.3, -0.25) is 4.79 Å². The predicted molar refractivity (Wildman–Crippen MR) is 75.5 cm³/mol. The number of esters is 1. The van der Waals surface area contributed by atoms with E-state index in [0.29, 0.717) is 19.4 Å². The van der Waals surface area contributed by atoms with Crippen molar-refractivity contribution in [2.24, 2.45) is 5.73 Å². The summed E-state index contributed by atoms with van der Waals surface area (Å²) in [7, 11) is -2.50. The Morgan fingerprint density at radius 3 is 2.50 bits per heavy atom. The van der Waals surface area contributed by atoms with Gasteiger partial charge < -0.3 is 10.5 Å². The van der Waals surface area contributed by atoms with Crippen LogP contribution in [0.3, 0.4) is 0 Å². The number of carbonyl (C=O) groups is 1. The fraction of sp³-hybridized carbons (Fsp3) is 0.462. The second kappa shape index (κ2) is 7.98. The monoisotopic (exact) mass is 300 g/mol. The topological polar surface area (TPSA) is 98.5 Å². The number of methoxy groups -OCH3 is 1. The molecule has 1 aromatic carbocycles. The number of hydrogen-bond acceptors (Lipinski definition) is 5. The SMILES string of the molecule is COC(=O)[C@H](CCCCN)NS(=O)(=O)c1ccccc1. The molecule has 1 rings (SSSR count). The van der Waals surface area contributed by atoms with Crippen molar-refractivity contribution in [3.63, 3.8) is 0 Å². The quantitative estimate of drug-likeness (QED) is 0.542. The zero-order valence-electron chi connectivity index (χ0n) is 11.4. The smallest absolute Gasteiger partial charge is 0.323 e. The van der Waals surface area contributed by atoms with E-state index in [-0.39, 0.29) is 4.90 Å². The Morgan fingerprint density at radius 1 is 1.30 bits per heavy atom. The Morgan fingerprint density at radius 2 is 1.95 bits per heavy atom. The molecule has 1 atom stereocenters. The van der Waals surface area contributed by atoms with Gasteiger partial charge in [0, 0.05) is 0 Å². The van der Waals surface area contributed by atoms with Gasteiger partial charge in [-0.1, -0.05) is 24.6 Å². The molecule has 112 valence electrons. The summed E-state index contributed by atoms with van der Waals surface area (Å²) in [6.45, 7) is 0.499. The number of nitrogens with two attached hydrogens (primary N) is 1. The lowest BCUT2D eigenvalue weighted by molar-refractivity contribution is -0.142. The van der Waals surface area contributed by atoms with Crippen molar-refractivity contribution < 1.29 is 17.9 Å². The summed E-state index contributed by atoms with van der Waals surface area (Å²) in [5.74, 6) is -0.596. The minimum atomic E-state index is -3.73. The molecule has 3 N–H and O–H groups in total. The normalized spacial score (nSPS) is 12.9. The number of ether oxygens (including phenoxy) is 1. The van der Waals surface area contributed by atoms with E-state index in [2.05, 4.69) is 9.46 Å². The van der Waals surface area contributed by atoms with Crippen LogP contribution < -0.4 is 10.5 Å². The molecule has 6 nitrogen and oxygen atoms in total. The maximum atomic E-state index is 12.2. The van der Waals surface area contributed by atoms with Crippen LogP contribution in [0.15, 0.2) is 35.2 Å². The Labute approximate surface area is 119 Å². The molecule has 7 heteroatoms. The highest BCUT2D eigenvalue weighted by Gasteiger charge is 2.25. The molecule has 0 aliphatic heterocycles. The first kappa shape index (κ1) is 16.6. The summed E-state index contributed by atoms with van der Waals surface area (Å²) >= 11 is 0. The Bertz CT molecular complexity index is 516. The van der Waals surface area contributed by atoms with Gasteiger partial charge in [-0.05, 0) is 31.5 Å². The molecule has 0 spiro atoms. The largest absolute Gasteiger partial charge is 0.468 e. The van der Waals surface area contributed by atoms with Crippen molar-refractivity contribution in [2.45, 2.75) is 30.2 Å². The standard InChI is InChI=1S/C13H20N2O4S/c1-19-13(16)12(9-5-6-10-14)15-20(17,18)11-7-3-2-4-8-11/h2-4,7-8,12,15H,5-6,9-10,14H2,1H3/t12-/m0/s1. The molecule has 0 aliphatic rings. The van der Waals surface area contributed by atoms with Crippen molar-refractivity contribution in [3.8, 4) is 0 Å². The summed E-state index contributed by atoms with van der Waals surface area (Å²) < 4.78 is 31.3. The second-order valence-corrected chi connectivity index (χ2v) is 6.01. The molecule has 0 saturated heterocycles. The zero-order chi connectivity index (χ0) is 15.0. The van der Waals surface area contributed by atoms with Gasteiger partial charge in [0.05, 0.1) is 12.0 Å². The van der Waals surface area contributed by atoms with Gasteiger partial charge in [0.1, 0.15) is 6.04 Å². The van der Waals surface area contributed by atoms with E-state index in [0.717, 1.165) is 6.42 Å². The molecule has 0 bridgehead atoms. The highest BCUT2D eigenvalue weighted by Crippen LogP contribution is 2.11. The van der Waals surface area contributed by atoms with Gasteiger partial charge in [0.25, 0.3) is 0 Å². The third-order valence-corrected chi connectivity index (χ3v) is 4.27.